The molecule has 1 aliphatic rings. The third-order valence-electron chi connectivity index (χ3n) is 8.16. The van der Waals surface area contributed by atoms with Gasteiger partial charge in [0.1, 0.15) is 5.82 Å². The number of anilines is 2. The summed E-state index contributed by atoms with van der Waals surface area (Å²) < 4.78 is 42.2. The largest absolute Gasteiger partial charge is 0.416 e. The minimum Gasteiger partial charge on any atom is -0.398 e. The Labute approximate surface area is 272 Å². The first-order valence-corrected chi connectivity index (χ1v) is 15.0. The Morgan fingerprint density at radius 1 is 1.06 bits per heavy atom. The Balaban J connectivity index is 1.41. The van der Waals surface area contributed by atoms with E-state index in [1.54, 1.807) is 43.7 Å². The molecule has 0 radical (unpaired) electrons. The van der Waals surface area contributed by atoms with E-state index in [4.69, 9.17) is 11.5 Å². The Morgan fingerprint density at radius 3 is 2.55 bits per heavy atom. The van der Waals surface area contributed by atoms with Crippen LogP contribution in [0.2, 0.25) is 0 Å². The number of fused-ring (bicyclic) bond motifs is 1. The second-order valence-electron chi connectivity index (χ2n) is 11.5. The van der Waals surface area contributed by atoms with Crippen molar-refractivity contribution in [3.63, 3.8) is 0 Å². The fraction of sp³-hybridized carbons (Fsp3) is 0.250. The first kappa shape index (κ1) is 33.2. The number of nitrogen functional groups attached to an aromatic ring is 1. The maximum Gasteiger partial charge on any atom is 0.416 e. The summed E-state index contributed by atoms with van der Waals surface area (Å²) >= 11 is 0. The third-order valence-corrected chi connectivity index (χ3v) is 8.16. The highest BCUT2D eigenvalue weighted by molar-refractivity contribution is 6.04. The zero-order chi connectivity index (χ0) is 33.7. The summed E-state index contributed by atoms with van der Waals surface area (Å²) in [5.74, 6) is 5.91. The zero-order valence-corrected chi connectivity index (χ0v) is 26.4. The van der Waals surface area contributed by atoms with Crippen LogP contribution in [-0.4, -0.2) is 67.2 Å². The van der Waals surface area contributed by atoms with Crippen LogP contribution >= 0.6 is 0 Å². The minimum absolute atomic E-state index is 0.0570. The number of hydrogen-bond acceptors (Lipinski definition) is 7. The fourth-order valence-electron chi connectivity index (χ4n) is 5.42. The number of amides is 1. The van der Waals surface area contributed by atoms with Crippen molar-refractivity contribution in [1.29, 1.82) is 0 Å². The average Bonchev–Trinajstić information content (AvgIpc) is 3.04. The van der Waals surface area contributed by atoms with E-state index in [2.05, 4.69) is 32.0 Å². The molecule has 11 heteroatoms. The van der Waals surface area contributed by atoms with Gasteiger partial charge in [-0.3, -0.25) is 14.7 Å². The predicted octanol–water partition coefficient (Wildman–Crippen LogP) is 5.54. The van der Waals surface area contributed by atoms with Gasteiger partial charge in [-0.15, -0.1) is 0 Å². The van der Waals surface area contributed by atoms with E-state index in [-0.39, 0.29) is 29.2 Å². The van der Waals surface area contributed by atoms with Crippen LogP contribution in [-0.2, 0) is 12.7 Å². The number of aliphatic imine (C=N–C) groups is 1. The normalized spacial score (nSPS) is 14.7. The summed E-state index contributed by atoms with van der Waals surface area (Å²) in [5, 5.41) is 4.15. The highest BCUT2D eigenvalue weighted by atomic mass is 19.4. The van der Waals surface area contributed by atoms with Crippen LogP contribution in [0.4, 0.5) is 24.7 Å². The molecule has 0 spiro atoms. The molecular weight excluding hydrogens is 603 g/mol. The van der Waals surface area contributed by atoms with Crippen LogP contribution in [0.5, 0.6) is 0 Å². The Morgan fingerprint density at radius 2 is 1.83 bits per heavy atom. The number of halogens is 3. The number of benzene rings is 3. The topological polar surface area (TPSA) is 113 Å². The van der Waals surface area contributed by atoms with Gasteiger partial charge in [0.15, 0.2) is 0 Å². The van der Waals surface area contributed by atoms with Crippen molar-refractivity contribution in [3.05, 3.63) is 106 Å². The molecule has 1 fully saturated rings. The van der Waals surface area contributed by atoms with E-state index < -0.39 is 17.6 Å². The molecule has 3 aromatic carbocycles. The minimum atomic E-state index is -4.57. The average molecular weight is 640 g/mol. The van der Waals surface area contributed by atoms with Gasteiger partial charge < -0.3 is 21.7 Å². The molecule has 0 aliphatic carbocycles. The first-order valence-electron chi connectivity index (χ1n) is 15.0. The van der Waals surface area contributed by atoms with Gasteiger partial charge in [-0.05, 0) is 55.4 Å². The Kier molecular flexibility index (Phi) is 9.94. The van der Waals surface area contributed by atoms with Crippen molar-refractivity contribution >= 4 is 40.1 Å². The summed E-state index contributed by atoms with van der Waals surface area (Å²) in [6, 6.07) is 14.5. The van der Waals surface area contributed by atoms with Crippen molar-refractivity contribution in [2.45, 2.75) is 19.6 Å². The van der Waals surface area contributed by atoms with Crippen molar-refractivity contribution in [3.8, 4) is 11.8 Å². The molecule has 5 rings (SSSR count). The summed E-state index contributed by atoms with van der Waals surface area (Å²) in [5.41, 5.74) is 15.4. The predicted molar refractivity (Wildman–Crippen MR) is 182 cm³/mol. The molecular formula is C36H36F3N7O. The van der Waals surface area contributed by atoms with Gasteiger partial charge in [0, 0.05) is 91.0 Å². The number of carbonyl (C=O) groups is 1. The molecule has 2 heterocycles. The van der Waals surface area contributed by atoms with Crippen LogP contribution in [0, 0.1) is 18.8 Å². The molecule has 1 aromatic heterocycles. The highest BCUT2D eigenvalue weighted by Crippen LogP contribution is 2.35. The van der Waals surface area contributed by atoms with E-state index in [1.165, 1.54) is 12.1 Å². The third kappa shape index (κ3) is 7.80. The number of carbonyl (C=O) groups excluding carboxylic acids is 1. The molecule has 242 valence electrons. The molecule has 47 heavy (non-hydrogen) atoms. The molecule has 0 saturated carbocycles. The molecule has 1 amide bonds. The summed E-state index contributed by atoms with van der Waals surface area (Å²) in [6.07, 6.45) is 0.378. The van der Waals surface area contributed by atoms with Gasteiger partial charge in [-0.2, -0.15) is 13.2 Å². The lowest BCUT2D eigenvalue weighted by molar-refractivity contribution is -0.138. The number of allylic oxidation sites excluding steroid dienone is 1. The summed E-state index contributed by atoms with van der Waals surface area (Å²) in [7, 11) is 3.65. The molecule has 5 N–H and O–H groups in total. The second-order valence-corrected chi connectivity index (χ2v) is 11.5. The van der Waals surface area contributed by atoms with E-state index in [0.717, 1.165) is 41.1 Å². The van der Waals surface area contributed by atoms with Crippen LogP contribution in [0.1, 0.15) is 43.7 Å². The number of nitrogens with one attached hydrogen (secondary N) is 1. The van der Waals surface area contributed by atoms with E-state index in [1.807, 2.05) is 37.1 Å². The van der Waals surface area contributed by atoms with Gasteiger partial charge in [0.2, 0.25) is 0 Å². The van der Waals surface area contributed by atoms with E-state index in [0.29, 0.717) is 29.9 Å². The molecule has 0 atom stereocenters. The van der Waals surface area contributed by atoms with E-state index in [9.17, 15) is 18.0 Å². The zero-order valence-electron chi connectivity index (χ0n) is 26.4. The standard InChI is InChI=1S/C36H36F3N7O/c1-23-7-8-25(35(47)44-27-11-9-26(32(20-27)36(37,38)39)22-46-17-15-45(3)16-18-46)19-24(23)10-12-30-28-5-4-6-29(33(40)13-14-42-2)31(28)21-43-34(30)41/h4-9,11,13-14,19-21H,15-18,22,40H2,1-3H3,(H2,41,43)(H,44,47). The maximum atomic E-state index is 14.1. The molecule has 4 aromatic rings. The number of rotatable bonds is 6. The van der Waals surface area contributed by atoms with Gasteiger partial charge in [0.05, 0.1) is 11.1 Å². The van der Waals surface area contributed by atoms with Gasteiger partial charge in [-0.25, -0.2) is 4.98 Å². The molecule has 0 unspecified atom stereocenters. The maximum absolute atomic E-state index is 14.1. The number of aryl methyl sites for hydroxylation is 1. The Hall–Kier alpha value is -5.18. The quantitative estimate of drug-likeness (QED) is 0.189. The van der Waals surface area contributed by atoms with Gasteiger partial charge in [-0.1, -0.05) is 42.2 Å². The Bertz CT molecular complexity index is 1930. The number of alkyl halides is 3. The van der Waals surface area contributed by atoms with E-state index >= 15 is 0 Å². The smallest absolute Gasteiger partial charge is 0.398 e. The SMILES string of the molecule is CN=CC=C(N)c1cccc2c(C#Cc3cc(C(=O)Nc4ccc(CN5CCN(C)CC5)c(C(F)(F)F)c4)ccc3C)c(N)ncc12. The van der Waals surface area contributed by atoms with Crippen LogP contribution < -0.4 is 16.8 Å². The number of likely N-dealkylation sites (N-methyl/N-ethyl adjacent to an activating group) is 1. The summed E-state index contributed by atoms with van der Waals surface area (Å²) in [6.45, 7) is 5.02. The molecule has 8 nitrogen and oxygen atoms in total. The van der Waals surface area contributed by atoms with Crippen LogP contribution in [0.25, 0.3) is 16.5 Å². The molecule has 1 saturated heterocycles. The van der Waals surface area contributed by atoms with Crippen LogP contribution in [0.3, 0.4) is 0 Å². The monoisotopic (exact) mass is 639 g/mol. The number of pyridine rings is 1. The lowest BCUT2D eigenvalue weighted by atomic mass is 9.99. The van der Waals surface area contributed by atoms with Crippen molar-refractivity contribution in [2.75, 3.05) is 51.3 Å². The molecule has 0 bridgehead atoms. The number of nitrogens with zero attached hydrogens (tertiary/aromatic N) is 4. The summed E-state index contributed by atoms with van der Waals surface area (Å²) in [4.78, 5) is 25.7. The van der Waals surface area contributed by atoms with Crippen molar-refractivity contribution in [1.82, 2.24) is 14.8 Å². The van der Waals surface area contributed by atoms with Crippen LogP contribution in [0.15, 0.2) is 71.9 Å². The lowest BCUT2D eigenvalue weighted by Crippen LogP contribution is -2.44. The first-order chi connectivity index (χ1) is 22.4. The molecule has 1 aliphatic heterocycles. The fourth-order valence-corrected chi connectivity index (χ4v) is 5.42. The van der Waals surface area contributed by atoms with Gasteiger partial charge >= 0.3 is 6.18 Å². The number of piperazine rings is 1. The lowest BCUT2D eigenvalue weighted by Gasteiger charge is -2.33. The van der Waals surface area contributed by atoms with Crippen molar-refractivity contribution < 1.29 is 18.0 Å². The second kappa shape index (κ2) is 14.1. The highest BCUT2D eigenvalue weighted by Gasteiger charge is 2.34. The number of hydrogen-bond donors (Lipinski definition) is 3. The van der Waals surface area contributed by atoms with Crippen molar-refractivity contribution in [2.24, 2.45) is 10.7 Å². The number of nitrogens with two attached hydrogens (primary N) is 2. The van der Waals surface area contributed by atoms with Gasteiger partial charge in [0.25, 0.3) is 5.91 Å². The number of aromatic nitrogens is 1.